The Morgan fingerprint density at radius 3 is 0.833 bits per heavy atom. The lowest BCUT2D eigenvalue weighted by atomic mass is 10.6. The van der Waals surface area contributed by atoms with Crippen LogP contribution >= 0.6 is 0 Å². The molecule has 0 amide bonds. The standard InChI is InChI=1S/C8H16O4/c1-5-9-6(2)11-8(4)12-7(3)10-5/h5-8H,1-4H3. The van der Waals surface area contributed by atoms with Crippen LogP contribution in [0.25, 0.3) is 0 Å². The fourth-order valence-corrected chi connectivity index (χ4v) is 1.21. The molecule has 0 N–H and O–H groups in total. The zero-order valence-corrected chi connectivity index (χ0v) is 7.94. The highest BCUT2D eigenvalue weighted by Crippen LogP contribution is 2.13. The van der Waals surface area contributed by atoms with E-state index in [0.29, 0.717) is 0 Å². The first kappa shape index (κ1) is 9.92. The van der Waals surface area contributed by atoms with Crippen LogP contribution in [0.1, 0.15) is 27.7 Å². The number of hydrogen-bond acceptors (Lipinski definition) is 4. The van der Waals surface area contributed by atoms with Gasteiger partial charge in [0.05, 0.1) is 0 Å². The third kappa shape index (κ3) is 3.06. The molecule has 0 atom stereocenters. The molecule has 72 valence electrons. The monoisotopic (exact) mass is 176 g/mol. The van der Waals surface area contributed by atoms with E-state index < -0.39 is 0 Å². The normalized spacial score (nSPS) is 45.0. The summed E-state index contributed by atoms with van der Waals surface area (Å²) in [5.74, 6) is 0. The molecule has 1 saturated heterocycles. The molecule has 1 aliphatic heterocycles. The van der Waals surface area contributed by atoms with Crippen molar-refractivity contribution in [3.63, 3.8) is 0 Å². The minimum Gasteiger partial charge on any atom is -0.324 e. The van der Waals surface area contributed by atoms with Crippen LogP contribution in [0.3, 0.4) is 0 Å². The van der Waals surface area contributed by atoms with E-state index in [9.17, 15) is 0 Å². The van der Waals surface area contributed by atoms with Gasteiger partial charge in [-0.2, -0.15) is 0 Å². The maximum absolute atomic E-state index is 5.31. The van der Waals surface area contributed by atoms with Gasteiger partial charge in [0.2, 0.25) is 0 Å². The Kier molecular flexibility index (Phi) is 3.46. The third-order valence-corrected chi connectivity index (χ3v) is 1.53. The van der Waals surface area contributed by atoms with Crippen LogP contribution in [-0.2, 0) is 18.9 Å². The summed E-state index contributed by atoms with van der Waals surface area (Å²) < 4.78 is 21.2. The predicted molar refractivity (Wildman–Crippen MR) is 42.2 cm³/mol. The van der Waals surface area contributed by atoms with Gasteiger partial charge in [-0.25, -0.2) is 0 Å². The number of ether oxygens (including phenoxy) is 4. The van der Waals surface area contributed by atoms with E-state index in [-0.39, 0.29) is 25.2 Å². The van der Waals surface area contributed by atoms with Gasteiger partial charge in [-0.1, -0.05) is 0 Å². The van der Waals surface area contributed by atoms with E-state index in [4.69, 9.17) is 18.9 Å². The van der Waals surface area contributed by atoms with Crippen LogP contribution in [0, 0.1) is 0 Å². The molecule has 1 rings (SSSR count). The Hall–Kier alpha value is -0.160. The van der Waals surface area contributed by atoms with Gasteiger partial charge in [-0.15, -0.1) is 0 Å². The van der Waals surface area contributed by atoms with E-state index in [0.717, 1.165) is 0 Å². The molecule has 0 aromatic rings. The van der Waals surface area contributed by atoms with Crippen LogP contribution in [-0.4, -0.2) is 25.2 Å². The molecule has 4 nitrogen and oxygen atoms in total. The SMILES string of the molecule is CC1OC(C)OC(C)OC(C)O1. The average molecular weight is 176 g/mol. The molecule has 0 spiro atoms. The minimum absolute atomic E-state index is 0.289. The van der Waals surface area contributed by atoms with Gasteiger partial charge in [0.15, 0.2) is 25.2 Å². The molecule has 1 heterocycles. The van der Waals surface area contributed by atoms with Crippen LogP contribution in [0.5, 0.6) is 0 Å². The minimum atomic E-state index is -0.289. The van der Waals surface area contributed by atoms with Crippen molar-refractivity contribution in [3.05, 3.63) is 0 Å². The summed E-state index contributed by atoms with van der Waals surface area (Å²) in [5, 5.41) is 0. The van der Waals surface area contributed by atoms with Gasteiger partial charge >= 0.3 is 0 Å². The molecule has 1 fully saturated rings. The van der Waals surface area contributed by atoms with Gasteiger partial charge in [0, 0.05) is 0 Å². The Bertz CT molecular complexity index is 99.0. The van der Waals surface area contributed by atoms with E-state index in [1.165, 1.54) is 0 Å². The van der Waals surface area contributed by atoms with E-state index >= 15 is 0 Å². The lowest BCUT2D eigenvalue weighted by molar-refractivity contribution is -0.367. The molecular formula is C8H16O4. The lowest BCUT2D eigenvalue weighted by Gasteiger charge is -2.30. The molecular weight excluding hydrogens is 160 g/mol. The summed E-state index contributed by atoms with van der Waals surface area (Å²) >= 11 is 0. The van der Waals surface area contributed by atoms with Gasteiger partial charge in [-0.3, -0.25) is 0 Å². The van der Waals surface area contributed by atoms with Crippen molar-refractivity contribution in [2.75, 3.05) is 0 Å². The van der Waals surface area contributed by atoms with Crippen molar-refractivity contribution < 1.29 is 18.9 Å². The summed E-state index contributed by atoms with van der Waals surface area (Å²) in [7, 11) is 0. The van der Waals surface area contributed by atoms with Gasteiger partial charge in [-0.05, 0) is 27.7 Å². The first-order chi connectivity index (χ1) is 5.58. The highest BCUT2D eigenvalue weighted by molar-refractivity contribution is 4.45. The predicted octanol–water partition coefficient (Wildman–Crippen LogP) is 1.45. The van der Waals surface area contributed by atoms with E-state index in [2.05, 4.69) is 0 Å². The van der Waals surface area contributed by atoms with Crippen molar-refractivity contribution in [1.82, 2.24) is 0 Å². The second kappa shape index (κ2) is 4.18. The first-order valence-electron chi connectivity index (χ1n) is 4.20. The third-order valence-electron chi connectivity index (χ3n) is 1.53. The first-order valence-corrected chi connectivity index (χ1v) is 4.20. The van der Waals surface area contributed by atoms with Gasteiger partial charge in [0.1, 0.15) is 0 Å². The second-order valence-electron chi connectivity index (χ2n) is 2.81. The molecule has 0 bridgehead atoms. The molecule has 0 aromatic carbocycles. The molecule has 0 unspecified atom stereocenters. The fourth-order valence-electron chi connectivity index (χ4n) is 1.21. The summed E-state index contributed by atoms with van der Waals surface area (Å²) in [4.78, 5) is 0. The molecule has 0 radical (unpaired) electrons. The van der Waals surface area contributed by atoms with Crippen LogP contribution in [0.15, 0.2) is 0 Å². The van der Waals surface area contributed by atoms with Gasteiger partial charge < -0.3 is 18.9 Å². The highest BCUT2D eigenvalue weighted by atomic mass is 16.9. The Morgan fingerprint density at radius 2 is 0.667 bits per heavy atom. The fraction of sp³-hybridized carbons (Fsp3) is 1.00. The second-order valence-corrected chi connectivity index (χ2v) is 2.81. The van der Waals surface area contributed by atoms with E-state index in [1.54, 1.807) is 0 Å². The van der Waals surface area contributed by atoms with Crippen molar-refractivity contribution >= 4 is 0 Å². The maximum Gasteiger partial charge on any atom is 0.161 e. The quantitative estimate of drug-likeness (QED) is 0.559. The molecule has 4 heteroatoms. The summed E-state index contributed by atoms with van der Waals surface area (Å²) in [6.45, 7) is 7.26. The van der Waals surface area contributed by atoms with Crippen molar-refractivity contribution in [2.45, 2.75) is 52.9 Å². The summed E-state index contributed by atoms with van der Waals surface area (Å²) in [6.07, 6.45) is -1.16. The Balaban J connectivity index is 2.45. The topological polar surface area (TPSA) is 36.9 Å². The largest absolute Gasteiger partial charge is 0.324 e. The van der Waals surface area contributed by atoms with Crippen molar-refractivity contribution in [3.8, 4) is 0 Å². The van der Waals surface area contributed by atoms with Crippen LogP contribution in [0.4, 0.5) is 0 Å². The zero-order chi connectivity index (χ0) is 9.14. The molecule has 12 heavy (non-hydrogen) atoms. The molecule has 1 aliphatic rings. The maximum atomic E-state index is 5.31. The molecule has 0 aliphatic carbocycles. The van der Waals surface area contributed by atoms with E-state index in [1.807, 2.05) is 27.7 Å². The highest BCUT2D eigenvalue weighted by Gasteiger charge is 2.21. The van der Waals surface area contributed by atoms with Gasteiger partial charge in [0.25, 0.3) is 0 Å². The Morgan fingerprint density at radius 1 is 0.500 bits per heavy atom. The zero-order valence-electron chi connectivity index (χ0n) is 7.94. The average Bonchev–Trinajstić information content (AvgIpc) is 1.81. The lowest BCUT2D eigenvalue weighted by Crippen LogP contribution is -2.35. The molecule has 0 saturated carbocycles. The molecule has 0 aromatic heterocycles. The summed E-state index contributed by atoms with van der Waals surface area (Å²) in [5.41, 5.74) is 0. The van der Waals surface area contributed by atoms with Crippen molar-refractivity contribution in [1.29, 1.82) is 0 Å². The Labute approximate surface area is 72.7 Å². The number of hydrogen-bond donors (Lipinski definition) is 0. The van der Waals surface area contributed by atoms with Crippen LogP contribution < -0.4 is 0 Å². The van der Waals surface area contributed by atoms with Crippen molar-refractivity contribution in [2.24, 2.45) is 0 Å². The van der Waals surface area contributed by atoms with Crippen LogP contribution in [0.2, 0.25) is 0 Å². The number of rotatable bonds is 0. The summed E-state index contributed by atoms with van der Waals surface area (Å²) in [6, 6.07) is 0. The smallest absolute Gasteiger partial charge is 0.161 e.